The number of thioether (sulfide) groups is 1. The van der Waals surface area contributed by atoms with Gasteiger partial charge in [0.05, 0.1) is 0 Å². The van der Waals surface area contributed by atoms with E-state index in [1.54, 1.807) is 0 Å². The van der Waals surface area contributed by atoms with Gasteiger partial charge in [-0.2, -0.15) is 11.8 Å². The van der Waals surface area contributed by atoms with E-state index in [0.29, 0.717) is 6.04 Å². The highest BCUT2D eigenvalue weighted by Crippen LogP contribution is 2.05. The van der Waals surface area contributed by atoms with Crippen LogP contribution in [0.5, 0.6) is 0 Å². The normalized spacial score (nSPS) is 13.2. The van der Waals surface area contributed by atoms with Crippen LogP contribution in [0.3, 0.4) is 0 Å². The van der Waals surface area contributed by atoms with Crippen molar-refractivity contribution in [3.63, 3.8) is 0 Å². The molecule has 0 spiro atoms. The van der Waals surface area contributed by atoms with Crippen LogP contribution in [0.4, 0.5) is 0 Å². The first kappa shape index (κ1) is 10.6. The molecular weight excluding hydrogens is 182 g/mol. The van der Waals surface area contributed by atoms with Crippen LogP contribution in [0.25, 0.3) is 0 Å². The average molecular weight is 199 g/mol. The van der Waals surface area contributed by atoms with Crippen molar-refractivity contribution < 1.29 is 0 Å². The molecule has 1 aromatic rings. The highest BCUT2D eigenvalue weighted by molar-refractivity contribution is 7.99. The maximum atomic E-state index is 5.64. The maximum Gasteiger partial charge on any atom is 0.109 e. The molecule has 0 saturated heterocycles. The Balaban J connectivity index is 2.17. The third-order valence-corrected chi connectivity index (χ3v) is 3.03. The van der Waals surface area contributed by atoms with E-state index in [9.17, 15) is 0 Å². The zero-order chi connectivity index (χ0) is 9.68. The van der Waals surface area contributed by atoms with Gasteiger partial charge in [-0.25, -0.2) is 4.98 Å². The molecule has 0 aromatic carbocycles. The third kappa shape index (κ3) is 3.83. The fraction of sp³-hybridized carbons (Fsp3) is 0.667. The van der Waals surface area contributed by atoms with Crippen LogP contribution in [0.2, 0.25) is 0 Å². The fourth-order valence-corrected chi connectivity index (χ4v) is 1.94. The summed E-state index contributed by atoms with van der Waals surface area (Å²) < 4.78 is 2.06. The molecule has 0 saturated carbocycles. The largest absolute Gasteiger partial charge is 0.338 e. The molecule has 74 valence electrons. The predicted octanol–water partition coefficient (Wildman–Crippen LogP) is 1.04. The second-order valence-electron chi connectivity index (χ2n) is 3.26. The Kier molecular flexibility index (Phi) is 4.32. The molecule has 0 aliphatic rings. The Labute approximate surface area is 83.7 Å². The minimum atomic E-state index is 0.298. The summed E-state index contributed by atoms with van der Waals surface area (Å²) in [5, 5.41) is 0. The standard InChI is InChI=1S/C9H17N3S/c1-8(10)7-13-6-3-9-11-4-5-12(9)2/h4-5,8H,3,6-7,10H2,1-2H3. The summed E-state index contributed by atoms with van der Waals surface area (Å²) in [6.45, 7) is 2.04. The topological polar surface area (TPSA) is 43.8 Å². The lowest BCUT2D eigenvalue weighted by molar-refractivity contribution is 0.808. The molecule has 0 amide bonds. The minimum Gasteiger partial charge on any atom is -0.338 e. The first-order valence-electron chi connectivity index (χ1n) is 4.49. The Bertz CT molecular complexity index is 245. The van der Waals surface area contributed by atoms with Crippen LogP contribution in [0.1, 0.15) is 12.7 Å². The van der Waals surface area contributed by atoms with Crippen molar-refractivity contribution in [1.29, 1.82) is 0 Å². The van der Waals surface area contributed by atoms with Crippen LogP contribution in [0, 0.1) is 0 Å². The summed E-state index contributed by atoms with van der Waals surface area (Å²) in [4.78, 5) is 4.25. The van der Waals surface area contributed by atoms with E-state index in [4.69, 9.17) is 5.73 Å². The van der Waals surface area contributed by atoms with Gasteiger partial charge in [0.2, 0.25) is 0 Å². The molecule has 0 radical (unpaired) electrons. The second-order valence-corrected chi connectivity index (χ2v) is 4.41. The lowest BCUT2D eigenvalue weighted by Gasteiger charge is -2.04. The van der Waals surface area contributed by atoms with E-state index in [0.717, 1.165) is 23.8 Å². The smallest absolute Gasteiger partial charge is 0.109 e. The van der Waals surface area contributed by atoms with Gasteiger partial charge in [-0.3, -0.25) is 0 Å². The van der Waals surface area contributed by atoms with Crippen molar-refractivity contribution in [2.24, 2.45) is 12.8 Å². The van der Waals surface area contributed by atoms with Gasteiger partial charge in [0, 0.05) is 43.4 Å². The molecule has 1 aromatic heterocycles. The number of nitrogens with zero attached hydrogens (tertiary/aromatic N) is 2. The Morgan fingerprint density at radius 1 is 1.69 bits per heavy atom. The van der Waals surface area contributed by atoms with Gasteiger partial charge >= 0.3 is 0 Å². The number of aromatic nitrogens is 2. The van der Waals surface area contributed by atoms with Crippen LogP contribution < -0.4 is 5.73 Å². The zero-order valence-electron chi connectivity index (χ0n) is 8.23. The molecule has 0 bridgehead atoms. The molecule has 1 rings (SSSR count). The molecule has 1 heterocycles. The quantitative estimate of drug-likeness (QED) is 0.721. The molecular formula is C9H17N3S. The van der Waals surface area contributed by atoms with Crippen LogP contribution in [0.15, 0.2) is 12.4 Å². The molecule has 0 fully saturated rings. The SMILES string of the molecule is CC(N)CSCCc1nccn1C. The van der Waals surface area contributed by atoms with Crippen LogP contribution in [-0.2, 0) is 13.5 Å². The van der Waals surface area contributed by atoms with Gasteiger partial charge in [-0.1, -0.05) is 0 Å². The van der Waals surface area contributed by atoms with Crippen molar-refractivity contribution in [2.45, 2.75) is 19.4 Å². The van der Waals surface area contributed by atoms with Gasteiger partial charge in [0.15, 0.2) is 0 Å². The molecule has 1 atom stereocenters. The van der Waals surface area contributed by atoms with E-state index in [1.165, 1.54) is 0 Å². The van der Waals surface area contributed by atoms with E-state index in [2.05, 4.69) is 9.55 Å². The Morgan fingerprint density at radius 3 is 3.00 bits per heavy atom. The highest BCUT2D eigenvalue weighted by Gasteiger charge is 1.99. The van der Waals surface area contributed by atoms with Crippen molar-refractivity contribution in [3.05, 3.63) is 18.2 Å². The first-order valence-corrected chi connectivity index (χ1v) is 5.65. The van der Waals surface area contributed by atoms with E-state index in [1.807, 2.05) is 38.1 Å². The molecule has 2 N–H and O–H groups in total. The molecule has 13 heavy (non-hydrogen) atoms. The predicted molar refractivity (Wildman–Crippen MR) is 57.9 cm³/mol. The number of imidazole rings is 1. The Hall–Kier alpha value is -0.480. The molecule has 0 aliphatic heterocycles. The summed E-state index contributed by atoms with van der Waals surface area (Å²) in [6, 6.07) is 0.298. The van der Waals surface area contributed by atoms with Gasteiger partial charge in [0.25, 0.3) is 0 Å². The number of nitrogens with two attached hydrogens (primary N) is 1. The zero-order valence-corrected chi connectivity index (χ0v) is 9.05. The van der Waals surface area contributed by atoms with Crippen molar-refractivity contribution in [1.82, 2.24) is 9.55 Å². The fourth-order valence-electron chi connectivity index (χ4n) is 1.07. The monoisotopic (exact) mass is 199 g/mol. The minimum absolute atomic E-state index is 0.298. The average Bonchev–Trinajstić information content (AvgIpc) is 2.45. The summed E-state index contributed by atoms with van der Waals surface area (Å²) in [7, 11) is 2.03. The number of hydrogen-bond donors (Lipinski definition) is 1. The number of rotatable bonds is 5. The Morgan fingerprint density at radius 2 is 2.46 bits per heavy atom. The van der Waals surface area contributed by atoms with Crippen molar-refractivity contribution in [3.8, 4) is 0 Å². The van der Waals surface area contributed by atoms with E-state index in [-0.39, 0.29) is 0 Å². The molecule has 0 aliphatic carbocycles. The highest BCUT2D eigenvalue weighted by atomic mass is 32.2. The summed E-state index contributed by atoms with van der Waals surface area (Å²) in [6.07, 6.45) is 4.85. The first-order chi connectivity index (χ1) is 6.20. The van der Waals surface area contributed by atoms with Gasteiger partial charge in [-0.15, -0.1) is 0 Å². The number of aryl methyl sites for hydroxylation is 2. The lowest BCUT2D eigenvalue weighted by atomic mass is 10.4. The lowest BCUT2D eigenvalue weighted by Crippen LogP contribution is -2.18. The van der Waals surface area contributed by atoms with Gasteiger partial charge in [-0.05, 0) is 6.92 Å². The second kappa shape index (κ2) is 5.29. The van der Waals surface area contributed by atoms with Gasteiger partial charge in [0.1, 0.15) is 5.82 Å². The van der Waals surface area contributed by atoms with Gasteiger partial charge < -0.3 is 10.3 Å². The molecule has 3 nitrogen and oxygen atoms in total. The molecule has 4 heteroatoms. The van der Waals surface area contributed by atoms with Crippen molar-refractivity contribution >= 4 is 11.8 Å². The maximum absolute atomic E-state index is 5.64. The van der Waals surface area contributed by atoms with Crippen molar-refractivity contribution in [2.75, 3.05) is 11.5 Å². The summed E-state index contributed by atoms with van der Waals surface area (Å²) >= 11 is 1.89. The third-order valence-electron chi connectivity index (χ3n) is 1.77. The van der Waals surface area contributed by atoms with E-state index >= 15 is 0 Å². The summed E-state index contributed by atoms with van der Waals surface area (Å²) in [5.41, 5.74) is 5.64. The summed E-state index contributed by atoms with van der Waals surface area (Å²) in [5.74, 6) is 3.29. The number of hydrogen-bond acceptors (Lipinski definition) is 3. The van der Waals surface area contributed by atoms with E-state index < -0.39 is 0 Å². The molecule has 1 unspecified atom stereocenters. The van der Waals surface area contributed by atoms with Crippen LogP contribution >= 0.6 is 11.8 Å². The van der Waals surface area contributed by atoms with Crippen LogP contribution in [-0.4, -0.2) is 27.1 Å².